The van der Waals surface area contributed by atoms with Crippen molar-refractivity contribution in [2.75, 3.05) is 11.5 Å². The molecular weight excluding hydrogens is 528 g/mol. The molecule has 4 N–H and O–H groups in total. The van der Waals surface area contributed by atoms with Crippen LogP contribution in [-0.2, 0) is 5.41 Å². The van der Waals surface area contributed by atoms with Crippen molar-refractivity contribution in [3.63, 3.8) is 0 Å². The molecule has 0 aliphatic heterocycles. The van der Waals surface area contributed by atoms with E-state index in [1.165, 1.54) is 22.3 Å². The Kier molecular flexibility index (Phi) is 6.40. The van der Waals surface area contributed by atoms with Gasteiger partial charge in [0.1, 0.15) is 23.0 Å². The third-order valence-electron chi connectivity index (χ3n) is 8.25. The summed E-state index contributed by atoms with van der Waals surface area (Å²) >= 11 is 0. The van der Waals surface area contributed by atoms with Crippen LogP contribution >= 0.6 is 0 Å². The number of benzene rings is 6. The molecule has 0 atom stereocenters. The summed E-state index contributed by atoms with van der Waals surface area (Å²) in [4.78, 5) is 0. The van der Waals surface area contributed by atoms with E-state index in [0.29, 0.717) is 11.4 Å². The van der Waals surface area contributed by atoms with Gasteiger partial charge in [0, 0.05) is 22.5 Å². The summed E-state index contributed by atoms with van der Waals surface area (Å²) in [7, 11) is 0. The molecule has 0 saturated carbocycles. The lowest BCUT2D eigenvalue weighted by molar-refractivity contribution is 0.457. The molecule has 1 aliphatic rings. The van der Waals surface area contributed by atoms with Crippen molar-refractivity contribution in [2.45, 2.75) is 19.3 Å². The highest BCUT2D eigenvalue weighted by Crippen LogP contribution is 2.60. The van der Waals surface area contributed by atoms with Gasteiger partial charge in [-0.05, 0) is 96.8 Å². The molecule has 0 radical (unpaired) electrons. The van der Waals surface area contributed by atoms with Crippen LogP contribution in [0.4, 0.5) is 11.4 Å². The zero-order chi connectivity index (χ0) is 29.6. The minimum atomic E-state index is -0.739. The van der Waals surface area contributed by atoms with Gasteiger partial charge in [-0.3, -0.25) is 0 Å². The Bertz CT molecular complexity index is 1820. The second kappa shape index (κ2) is 10.4. The Morgan fingerprint density at radius 3 is 1.26 bits per heavy atom. The first kappa shape index (κ1) is 26.4. The van der Waals surface area contributed by atoms with E-state index in [9.17, 15) is 0 Å². The standard InChI is InChI=1S/C39H32N2O2/c1-25-11-21-37(42-29-17-13-27(40)14-18-29)35(23-25)39(33-9-5-3-7-31(33)32-8-4-6-10-34(32)39)36-24-26(2)12-22-38(36)43-30-19-15-28(41)16-20-30/h3-24H,40-41H2,1-2H3. The van der Waals surface area contributed by atoms with Crippen LogP contribution in [0.25, 0.3) is 11.1 Å². The first-order valence-electron chi connectivity index (χ1n) is 14.4. The van der Waals surface area contributed by atoms with Gasteiger partial charge in [-0.25, -0.2) is 0 Å². The van der Waals surface area contributed by atoms with Crippen LogP contribution in [0.2, 0.25) is 0 Å². The molecule has 6 aromatic carbocycles. The lowest BCUT2D eigenvalue weighted by Crippen LogP contribution is -2.30. The molecular formula is C39H32N2O2. The summed E-state index contributed by atoms with van der Waals surface area (Å²) in [6.07, 6.45) is 0. The van der Waals surface area contributed by atoms with Crippen LogP contribution in [0, 0.1) is 13.8 Å². The average Bonchev–Trinajstić information content (AvgIpc) is 3.32. The van der Waals surface area contributed by atoms with Gasteiger partial charge in [-0.1, -0.05) is 83.9 Å². The summed E-state index contributed by atoms with van der Waals surface area (Å²) < 4.78 is 13.4. The van der Waals surface area contributed by atoms with E-state index in [1.807, 2.05) is 48.5 Å². The molecule has 0 unspecified atom stereocenters. The third kappa shape index (κ3) is 4.48. The summed E-state index contributed by atoms with van der Waals surface area (Å²) in [5.41, 5.74) is 21.7. The van der Waals surface area contributed by atoms with Crippen LogP contribution in [0.5, 0.6) is 23.0 Å². The predicted molar refractivity (Wildman–Crippen MR) is 175 cm³/mol. The molecule has 7 rings (SSSR count). The fourth-order valence-corrected chi connectivity index (χ4v) is 6.34. The Hall–Kier alpha value is -5.48. The lowest BCUT2D eigenvalue weighted by atomic mass is 9.66. The smallest absolute Gasteiger partial charge is 0.132 e. The molecule has 0 saturated heterocycles. The molecule has 0 bridgehead atoms. The van der Waals surface area contributed by atoms with Gasteiger partial charge in [0.15, 0.2) is 0 Å². The molecule has 43 heavy (non-hydrogen) atoms. The summed E-state index contributed by atoms with van der Waals surface area (Å²) in [6, 6.07) is 45.2. The highest BCUT2D eigenvalue weighted by molar-refractivity contribution is 5.87. The topological polar surface area (TPSA) is 70.5 Å². The van der Waals surface area contributed by atoms with Gasteiger partial charge in [0.25, 0.3) is 0 Å². The average molecular weight is 561 g/mol. The van der Waals surface area contributed by atoms with Crippen molar-refractivity contribution < 1.29 is 9.47 Å². The van der Waals surface area contributed by atoms with Gasteiger partial charge in [-0.15, -0.1) is 0 Å². The van der Waals surface area contributed by atoms with E-state index in [4.69, 9.17) is 20.9 Å². The van der Waals surface area contributed by atoms with E-state index >= 15 is 0 Å². The molecule has 1 aliphatic carbocycles. The molecule has 6 aromatic rings. The van der Waals surface area contributed by atoms with Crippen molar-refractivity contribution in [3.8, 4) is 34.1 Å². The highest BCUT2D eigenvalue weighted by Gasteiger charge is 2.49. The van der Waals surface area contributed by atoms with Crippen LogP contribution in [0.3, 0.4) is 0 Å². The van der Waals surface area contributed by atoms with E-state index in [-0.39, 0.29) is 0 Å². The van der Waals surface area contributed by atoms with Crippen LogP contribution < -0.4 is 20.9 Å². The van der Waals surface area contributed by atoms with Crippen molar-refractivity contribution in [1.29, 1.82) is 0 Å². The quantitative estimate of drug-likeness (QED) is 0.199. The van der Waals surface area contributed by atoms with Gasteiger partial charge in [-0.2, -0.15) is 0 Å². The maximum absolute atomic E-state index is 6.70. The molecule has 0 aromatic heterocycles. The fourth-order valence-electron chi connectivity index (χ4n) is 6.34. The normalized spacial score (nSPS) is 12.8. The van der Waals surface area contributed by atoms with E-state index in [0.717, 1.165) is 45.3 Å². The summed E-state index contributed by atoms with van der Waals surface area (Å²) in [6.45, 7) is 4.25. The van der Waals surface area contributed by atoms with Gasteiger partial charge in [0.2, 0.25) is 0 Å². The fraction of sp³-hybridized carbons (Fsp3) is 0.0769. The summed E-state index contributed by atoms with van der Waals surface area (Å²) in [5.74, 6) is 2.97. The number of ether oxygens (including phenoxy) is 2. The SMILES string of the molecule is Cc1ccc(Oc2ccc(N)cc2)c(C2(c3cc(C)ccc3Oc3ccc(N)cc3)c3ccccc3-c3ccccc32)c1. The third-order valence-corrected chi connectivity index (χ3v) is 8.25. The van der Waals surface area contributed by atoms with E-state index < -0.39 is 5.41 Å². The van der Waals surface area contributed by atoms with Crippen molar-refractivity contribution in [3.05, 3.63) is 167 Å². The van der Waals surface area contributed by atoms with E-state index in [1.54, 1.807) is 0 Å². The van der Waals surface area contributed by atoms with Crippen molar-refractivity contribution >= 4 is 11.4 Å². The zero-order valence-corrected chi connectivity index (χ0v) is 24.2. The maximum Gasteiger partial charge on any atom is 0.132 e. The molecule has 0 amide bonds. The number of nitrogens with two attached hydrogens (primary N) is 2. The number of nitrogen functional groups attached to an aromatic ring is 2. The molecule has 4 nitrogen and oxygen atoms in total. The molecule has 210 valence electrons. The van der Waals surface area contributed by atoms with Gasteiger partial charge in [0.05, 0.1) is 5.41 Å². The number of rotatable bonds is 6. The van der Waals surface area contributed by atoms with Crippen LogP contribution in [0.15, 0.2) is 133 Å². The second-order valence-corrected chi connectivity index (χ2v) is 11.2. The zero-order valence-electron chi connectivity index (χ0n) is 24.2. The Balaban J connectivity index is 1.56. The first-order chi connectivity index (χ1) is 20.9. The number of hydrogen-bond acceptors (Lipinski definition) is 4. The second-order valence-electron chi connectivity index (χ2n) is 11.2. The Morgan fingerprint density at radius 2 is 0.837 bits per heavy atom. The number of hydrogen-bond donors (Lipinski definition) is 2. The summed E-state index contributed by atoms with van der Waals surface area (Å²) in [5, 5.41) is 0. The minimum Gasteiger partial charge on any atom is -0.457 e. The Morgan fingerprint density at radius 1 is 0.442 bits per heavy atom. The van der Waals surface area contributed by atoms with E-state index in [2.05, 4.69) is 98.8 Å². The van der Waals surface area contributed by atoms with Gasteiger partial charge < -0.3 is 20.9 Å². The van der Waals surface area contributed by atoms with Crippen molar-refractivity contribution in [1.82, 2.24) is 0 Å². The molecule has 4 heteroatoms. The molecule has 0 heterocycles. The Labute approximate surface area is 252 Å². The lowest BCUT2D eigenvalue weighted by Gasteiger charge is -2.36. The largest absolute Gasteiger partial charge is 0.457 e. The van der Waals surface area contributed by atoms with Crippen LogP contribution in [-0.4, -0.2) is 0 Å². The highest BCUT2D eigenvalue weighted by atomic mass is 16.5. The number of aryl methyl sites for hydroxylation is 2. The maximum atomic E-state index is 6.70. The number of fused-ring (bicyclic) bond motifs is 3. The minimum absolute atomic E-state index is 0.691. The number of anilines is 2. The monoisotopic (exact) mass is 560 g/mol. The molecule has 0 fully saturated rings. The van der Waals surface area contributed by atoms with Crippen molar-refractivity contribution in [2.24, 2.45) is 0 Å². The molecule has 0 spiro atoms. The predicted octanol–water partition coefficient (Wildman–Crippen LogP) is 9.42. The first-order valence-corrected chi connectivity index (χ1v) is 14.4. The van der Waals surface area contributed by atoms with Gasteiger partial charge >= 0.3 is 0 Å². The van der Waals surface area contributed by atoms with Crippen LogP contribution in [0.1, 0.15) is 33.4 Å².